The van der Waals surface area contributed by atoms with Gasteiger partial charge in [-0.25, -0.2) is 4.39 Å². The molecule has 98 valence electrons. The summed E-state index contributed by atoms with van der Waals surface area (Å²) in [5, 5.41) is 0. The number of piperidine rings is 1. The molecule has 0 radical (unpaired) electrons. The first-order valence-electron chi connectivity index (χ1n) is 6.28. The fraction of sp³-hybridized carbons (Fsp3) is 0.500. The molecule has 18 heavy (non-hydrogen) atoms. The smallest absolute Gasteiger partial charge is 0.254 e. The van der Waals surface area contributed by atoms with E-state index in [2.05, 4.69) is 26.5 Å². The molecule has 1 aromatic carbocycles. The van der Waals surface area contributed by atoms with Crippen molar-refractivity contribution in [2.75, 3.05) is 6.54 Å². The van der Waals surface area contributed by atoms with Gasteiger partial charge in [0.2, 0.25) is 0 Å². The number of benzene rings is 1. The molecule has 0 aromatic heterocycles. The van der Waals surface area contributed by atoms with Crippen molar-refractivity contribution in [1.82, 2.24) is 4.90 Å². The van der Waals surface area contributed by atoms with E-state index < -0.39 is 5.82 Å². The molecular formula is C14H18FNOS. The second-order valence-electron chi connectivity index (χ2n) is 5.16. The van der Waals surface area contributed by atoms with Crippen molar-refractivity contribution in [3.8, 4) is 0 Å². The van der Waals surface area contributed by atoms with Crippen LogP contribution in [0.4, 0.5) is 4.39 Å². The number of carbonyl (C=O) groups is 1. The van der Waals surface area contributed by atoms with Gasteiger partial charge in [-0.05, 0) is 43.9 Å². The highest BCUT2D eigenvalue weighted by Crippen LogP contribution is 2.24. The number of likely N-dealkylation sites (tertiary alicyclic amines) is 1. The number of thiol groups is 1. The van der Waals surface area contributed by atoms with Crippen LogP contribution in [-0.4, -0.2) is 23.4 Å². The van der Waals surface area contributed by atoms with Gasteiger partial charge >= 0.3 is 0 Å². The second-order valence-corrected chi connectivity index (χ2v) is 5.64. The van der Waals surface area contributed by atoms with Crippen LogP contribution in [0.3, 0.4) is 0 Å². The van der Waals surface area contributed by atoms with E-state index in [9.17, 15) is 9.18 Å². The summed E-state index contributed by atoms with van der Waals surface area (Å²) in [4.78, 5) is 14.5. The maximum atomic E-state index is 13.1. The van der Waals surface area contributed by atoms with E-state index in [-0.39, 0.29) is 16.8 Å². The summed E-state index contributed by atoms with van der Waals surface area (Å²) in [6.07, 6.45) is 2.19. The Morgan fingerprint density at radius 1 is 1.39 bits per heavy atom. The predicted molar refractivity (Wildman–Crippen MR) is 72.5 cm³/mol. The summed E-state index contributed by atoms with van der Waals surface area (Å²) >= 11 is 4.02. The van der Waals surface area contributed by atoms with E-state index in [1.807, 2.05) is 4.90 Å². The Kier molecular flexibility index (Phi) is 3.95. The van der Waals surface area contributed by atoms with Gasteiger partial charge in [0, 0.05) is 23.0 Å². The van der Waals surface area contributed by atoms with Crippen molar-refractivity contribution in [2.45, 2.75) is 37.6 Å². The van der Waals surface area contributed by atoms with Crippen LogP contribution < -0.4 is 0 Å². The molecule has 4 heteroatoms. The molecule has 1 aromatic rings. The van der Waals surface area contributed by atoms with E-state index in [0.29, 0.717) is 11.5 Å². The third-order valence-corrected chi connectivity index (χ3v) is 3.91. The molecule has 1 fully saturated rings. The monoisotopic (exact) mass is 267 g/mol. The van der Waals surface area contributed by atoms with Gasteiger partial charge in [0.1, 0.15) is 5.82 Å². The molecule has 1 saturated heterocycles. The topological polar surface area (TPSA) is 20.3 Å². The molecule has 1 heterocycles. The minimum Gasteiger partial charge on any atom is -0.336 e. The average Bonchev–Trinajstić information content (AvgIpc) is 2.35. The summed E-state index contributed by atoms with van der Waals surface area (Å²) in [6.45, 7) is 5.00. The molecule has 1 amide bonds. The summed E-state index contributed by atoms with van der Waals surface area (Å²) in [6, 6.07) is 4.59. The van der Waals surface area contributed by atoms with Crippen molar-refractivity contribution < 1.29 is 9.18 Å². The highest BCUT2D eigenvalue weighted by Gasteiger charge is 2.27. The minimum atomic E-state index is -0.394. The Morgan fingerprint density at radius 3 is 2.78 bits per heavy atom. The fourth-order valence-electron chi connectivity index (χ4n) is 2.38. The lowest BCUT2D eigenvalue weighted by molar-refractivity contribution is 0.0573. The Morgan fingerprint density at radius 2 is 2.11 bits per heavy atom. The van der Waals surface area contributed by atoms with Gasteiger partial charge in [-0.15, -0.1) is 12.6 Å². The summed E-state index contributed by atoms with van der Waals surface area (Å²) in [5.41, 5.74) is 0.516. The van der Waals surface area contributed by atoms with Gasteiger partial charge in [0.15, 0.2) is 0 Å². The van der Waals surface area contributed by atoms with Crippen LogP contribution in [0.25, 0.3) is 0 Å². The third-order valence-electron chi connectivity index (χ3n) is 3.57. The molecule has 0 N–H and O–H groups in total. The van der Waals surface area contributed by atoms with E-state index in [1.54, 1.807) is 0 Å². The zero-order valence-electron chi connectivity index (χ0n) is 10.7. The first kappa shape index (κ1) is 13.4. The number of carbonyl (C=O) groups excluding carboxylic acids is 1. The van der Waals surface area contributed by atoms with Crippen molar-refractivity contribution in [2.24, 2.45) is 5.92 Å². The third kappa shape index (κ3) is 2.69. The van der Waals surface area contributed by atoms with Gasteiger partial charge in [0.25, 0.3) is 5.91 Å². The summed E-state index contributed by atoms with van der Waals surface area (Å²) in [7, 11) is 0. The van der Waals surface area contributed by atoms with Crippen LogP contribution in [0.15, 0.2) is 23.1 Å². The van der Waals surface area contributed by atoms with E-state index in [4.69, 9.17) is 0 Å². The maximum Gasteiger partial charge on any atom is 0.254 e. The molecule has 1 aliphatic heterocycles. The van der Waals surface area contributed by atoms with E-state index in [0.717, 1.165) is 19.4 Å². The molecule has 0 aliphatic carbocycles. The number of hydrogen-bond donors (Lipinski definition) is 1. The van der Waals surface area contributed by atoms with Crippen molar-refractivity contribution in [3.63, 3.8) is 0 Å². The molecule has 0 spiro atoms. The number of rotatable bonds is 1. The maximum absolute atomic E-state index is 13.1. The van der Waals surface area contributed by atoms with Crippen molar-refractivity contribution in [3.05, 3.63) is 29.6 Å². The normalized spacial score (nSPS) is 24.1. The summed E-state index contributed by atoms with van der Waals surface area (Å²) < 4.78 is 13.1. The Bertz CT molecular complexity index is 463. The van der Waals surface area contributed by atoms with Crippen molar-refractivity contribution in [1.29, 1.82) is 0 Å². The predicted octanol–water partition coefficient (Wildman–Crippen LogP) is 3.38. The SMILES string of the molecule is CC1CCC(C)N(C(=O)c2ccc(F)c(S)c2)C1. The Hall–Kier alpha value is -1.03. The molecule has 1 aliphatic rings. The van der Waals surface area contributed by atoms with Crippen LogP contribution in [0.1, 0.15) is 37.0 Å². The molecule has 2 rings (SSSR count). The quantitative estimate of drug-likeness (QED) is 0.773. The minimum absolute atomic E-state index is 0.0237. The van der Waals surface area contributed by atoms with Crippen LogP contribution in [0.5, 0.6) is 0 Å². The zero-order chi connectivity index (χ0) is 13.3. The average molecular weight is 267 g/mol. The second kappa shape index (κ2) is 5.31. The number of halogens is 1. The number of hydrogen-bond acceptors (Lipinski definition) is 2. The van der Waals surface area contributed by atoms with Gasteiger partial charge in [-0.3, -0.25) is 4.79 Å². The number of amides is 1. The fourth-order valence-corrected chi connectivity index (χ4v) is 2.60. The van der Waals surface area contributed by atoms with E-state index >= 15 is 0 Å². The highest BCUT2D eigenvalue weighted by atomic mass is 32.1. The van der Waals surface area contributed by atoms with Gasteiger partial charge in [-0.1, -0.05) is 6.92 Å². The largest absolute Gasteiger partial charge is 0.336 e. The van der Waals surface area contributed by atoms with Crippen LogP contribution in [0.2, 0.25) is 0 Å². The standard InChI is InChI=1S/C14H18FNOS/c1-9-3-4-10(2)16(8-9)14(17)11-5-6-12(15)13(18)7-11/h5-7,9-10,18H,3-4,8H2,1-2H3. The lowest BCUT2D eigenvalue weighted by Gasteiger charge is -2.36. The van der Waals surface area contributed by atoms with Crippen LogP contribution in [0, 0.1) is 11.7 Å². The molecule has 2 atom stereocenters. The van der Waals surface area contributed by atoms with Crippen LogP contribution in [-0.2, 0) is 0 Å². The first-order valence-corrected chi connectivity index (χ1v) is 6.73. The molecule has 0 saturated carbocycles. The zero-order valence-corrected chi connectivity index (χ0v) is 11.6. The molecular weight excluding hydrogens is 249 g/mol. The van der Waals surface area contributed by atoms with Crippen LogP contribution >= 0.6 is 12.6 Å². The van der Waals surface area contributed by atoms with Crippen molar-refractivity contribution >= 4 is 18.5 Å². The highest BCUT2D eigenvalue weighted by molar-refractivity contribution is 7.80. The van der Waals surface area contributed by atoms with Gasteiger partial charge in [-0.2, -0.15) is 0 Å². The lowest BCUT2D eigenvalue weighted by Crippen LogP contribution is -2.44. The Balaban J connectivity index is 2.21. The molecule has 2 unspecified atom stereocenters. The molecule has 2 nitrogen and oxygen atoms in total. The molecule has 0 bridgehead atoms. The first-order chi connectivity index (χ1) is 8.49. The number of nitrogens with zero attached hydrogens (tertiary/aromatic N) is 1. The van der Waals surface area contributed by atoms with Gasteiger partial charge in [0.05, 0.1) is 0 Å². The summed E-state index contributed by atoms with van der Waals surface area (Å²) in [5.74, 6) is 0.111. The van der Waals surface area contributed by atoms with Gasteiger partial charge < -0.3 is 4.90 Å². The Labute approximate surface area is 113 Å². The lowest BCUT2D eigenvalue weighted by atomic mass is 9.94. The van der Waals surface area contributed by atoms with E-state index in [1.165, 1.54) is 18.2 Å².